The van der Waals surface area contributed by atoms with Gasteiger partial charge in [0.2, 0.25) is 5.91 Å². The molecule has 8 heteroatoms. The van der Waals surface area contributed by atoms with Gasteiger partial charge in [0.1, 0.15) is 5.75 Å². The first-order chi connectivity index (χ1) is 16.8. The molecular formula is C27H18Cl2F2N2O2. The highest BCUT2D eigenvalue weighted by molar-refractivity contribution is 6.39. The van der Waals surface area contributed by atoms with Crippen LogP contribution in [0.25, 0.3) is 32.9 Å². The number of alkyl halides is 2. The number of ether oxygens (including phenoxy) is 1. The van der Waals surface area contributed by atoms with Crippen LogP contribution in [0.1, 0.15) is 15.9 Å². The Bertz CT molecular complexity index is 1560. The summed E-state index contributed by atoms with van der Waals surface area (Å²) in [6.07, 6.45) is 0. The van der Waals surface area contributed by atoms with E-state index in [1.54, 1.807) is 42.5 Å². The highest BCUT2D eigenvalue weighted by Gasteiger charge is 2.18. The summed E-state index contributed by atoms with van der Waals surface area (Å²) in [6.45, 7) is -2.47. The molecule has 0 saturated heterocycles. The molecule has 35 heavy (non-hydrogen) atoms. The predicted octanol–water partition coefficient (Wildman–Crippen LogP) is 7.52. The van der Waals surface area contributed by atoms with Gasteiger partial charge in [0, 0.05) is 38.5 Å². The lowest BCUT2D eigenvalue weighted by molar-refractivity contribution is -0.0498. The van der Waals surface area contributed by atoms with Crippen LogP contribution in [-0.4, -0.2) is 17.1 Å². The lowest BCUT2D eigenvalue weighted by atomic mass is 10.0. The van der Waals surface area contributed by atoms with Gasteiger partial charge in [-0.15, -0.1) is 0 Å². The SMILES string of the molecule is NC(=O)c1cccc2c1c1ccc(-c3c(Cl)cccc3Cl)cc1n2Cc1ccc(OC(F)F)cc1. The molecule has 4 nitrogen and oxygen atoms in total. The van der Waals surface area contributed by atoms with Gasteiger partial charge in [0.15, 0.2) is 0 Å². The first-order valence-electron chi connectivity index (χ1n) is 10.7. The molecule has 5 aromatic rings. The maximum Gasteiger partial charge on any atom is 0.387 e. The van der Waals surface area contributed by atoms with Crippen molar-refractivity contribution < 1.29 is 18.3 Å². The number of rotatable bonds is 6. The molecular weight excluding hydrogens is 493 g/mol. The Kier molecular flexibility index (Phi) is 6.09. The summed E-state index contributed by atoms with van der Waals surface area (Å²) in [6, 6.07) is 23.0. The van der Waals surface area contributed by atoms with Crippen LogP contribution in [0.5, 0.6) is 5.75 Å². The van der Waals surface area contributed by atoms with Crippen molar-refractivity contribution in [3.05, 3.63) is 100 Å². The number of amides is 1. The first-order valence-corrected chi connectivity index (χ1v) is 11.4. The molecule has 0 aliphatic heterocycles. The largest absolute Gasteiger partial charge is 0.435 e. The number of hydrogen-bond acceptors (Lipinski definition) is 2. The Morgan fingerprint density at radius 3 is 2.26 bits per heavy atom. The summed E-state index contributed by atoms with van der Waals surface area (Å²) < 4.78 is 31.6. The molecule has 0 aliphatic carbocycles. The fourth-order valence-corrected chi connectivity index (χ4v) is 5.02. The number of halogens is 4. The molecule has 2 N–H and O–H groups in total. The van der Waals surface area contributed by atoms with Crippen molar-refractivity contribution in [2.45, 2.75) is 13.2 Å². The van der Waals surface area contributed by atoms with Crippen molar-refractivity contribution in [3.8, 4) is 16.9 Å². The highest BCUT2D eigenvalue weighted by atomic mass is 35.5. The highest BCUT2D eigenvalue weighted by Crippen LogP contribution is 2.39. The van der Waals surface area contributed by atoms with Crippen molar-refractivity contribution in [2.24, 2.45) is 5.73 Å². The van der Waals surface area contributed by atoms with Crippen molar-refractivity contribution >= 4 is 50.9 Å². The monoisotopic (exact) mass is 510 g/mol. The second-order valence-corrected chi connectivity index (χ2v) is 8.82. The summed E-state index contributed by atoms with van der Waals surface area (Å²) in [5, 5.41) is 2.63. The van der Waals surface area contributed by atoms with E-state index in [-0.39, 0.29) is 5.75 Å². The number of primary amides is 1. The van der Waals surface area contributed by atoms with E-state index < -0.39 is 12.5 Å². The van der Waals surface area contributed by atoms with Crippen molar-refractivity contribution in [1.82, 2.24) is 4.57 Å². The van der Waals surface area contributed by atoms with Crippen LogP contribution in [0, 0.1) is 0 Å². The molecule has 176 valence electrons. The standard InChI is InChI=1S/C27H18Cl2F2N2O2/c28-20-4-2-5-21(29)24(20)16-9-12-18-23(13-16)33(22-6-1-3-19(25(18)22)26(32)34)14-15-7-10-17(11-8-15)35-27(30)31/h1-13,27H,14H2,(H2,32,34). The van der Waals surface area contributed by atoms with Gasteiger partial charge in [-0.3, -0.25) is 4.79 Å². The number of nitrogens with two attached hydrogens (primary N) is 1. The zero-order valence-electron chi connectivity index (χ0n) is 18.1. The molecule has 0 spiro atoms. The molecule has 5 rings (SSSR count). The van der Waals surface area contributed by atoms with E-state index in [9.17, 15) is 13.6 Å². The minimum Gasteiger partial charge on any atom is -0.435 e. The Hall–Kier alpha value is -3.61. The minimum absolute atomic E-state index is 0.0811. The molecule has 0 atom stereocenters. The van der Waals surface area contributed by atoms with Crippen LogP contribution in [0.3, 0.4) is 0 Å². The quantitative estimate of drug-likeness (QED) is 0.256. The summed E-state index contributed by atoms with van der Waals surface area (Å²) in [7, 11) is 0. The van der Waals surface area contributed by atoms with Crippen LogP contribution in [0.2, 0.25) is 10.0 Å². The number of hydrogen-bond donors (Lipinski definition) is 1. The summed E-state index contributed by atoms with van der Waals surface area (Å²) in [5.41, 5.74) is 10.1. The summed E-state index contributed by atoms with van der Waals surface area (Å²) >= 11 is 12.9. The second-order valence-electron chi connectivity index (χ2n) is 8.00. The molecule has 1 heterocycles. The molecule has 0 saturated carbocycles. The van der Waals surface area contributed by atoms with Gasteiger partial charge in [0.05, 0.1) is 11.0 Å². The van der Waals surface area contributed by atoms with Gasteiger partial charge in [-0.05, 0) is 53.6 Å². The van der Waals surface area contributed by atoms with Crippen molar-refractivity contribution in [3.63, 3.8) is 0 Å². The topological polar surface area (TPSA) is 57.2 Å². The summed E-state index contributed by atoms with van der Waals surface area (Å²) in [5.74, 6) is -0.445. The van der Waals surface area contributed by atoms with E-state index in [0.717, 1.165) is 32.9 Å². The van der Waals surface area contributed by atoms with E-state index in [1.807, 2.05) is 28.8 Å². The van der Waals surface area contributed by atoms with Crippen molar-refractivity contribution in [2.75, 3.05) is 0 Å². The van der Waals surface area contributed by atoms with E-state index in [0.29, 0.717) is 27.7 Å². The number of carbonyl (C=O) groups excluding carboxylic acids is 1. The smallest absolute Gasteiger partial charge is 0.387 e. The molecule has 0 aliphatic rings. The molecule has 0 bridgehead atoms. The Morgan fingerprint density at radius 2 is 1.60 bits per heavy atom. The van der Waals surface area contributed by atoms with Crippen LogP contribution in [0.15, 0.2) is 78.9 Å². The molecule has 1 aromatic heterocycles. The van der Waals surface area contributed by atoms with Crippen LogP contribution in [0.4, 0.5) is 8.78 Å². The van der Waals surface area contributed by atoms with Gasteiger partial charge in [-0.2, -0.15) is 8.78 Å². The Balaban J connectivity index is 1.72. The molecule has 1 amide bonds. The zero-order valence-corrected chi connectivity index (χ0v) is 19.7. The van der Waals surface area contributed by atoms with E-state index in [1.165, 1.54) is 12.1 Å². The van der Waals surface area contributed by atoms with E-state index >= 15 is 0 Å². The third kappa shape index (κ3) is 4.31. The van der Waals surface area contributed by atoms with Crippen LogP contribution < -0.4 is 10.5 Å². The van der Waals surface area contributed by atoms with Gasteiger partial charge in [0.25, 0.3) is 0 Å². The fraction of sp³-hybridized carbons (Fsp3) is 0.0741. The average molecular weight is 511 g/mol. The van der Waals surface area contributed by atoms with E-state index in [2.05, 4.69) is 4.74 Å². The Labute approximate surface area is 209 Å². The maximum absolute atomic E-state index is 12.5. The van der Waals surface area contributed by atoms with E-state index in [4.69, 9.17) is 28.9 Å². The average Bonchev–Trinajstić information content (AvgIpc) is 3.13. The third-order valence-electron chi connectivity index (χ3n) is 5.90. The van der Waals surface area contributed by atoms with Crippen molar-refractivity contribution in [1.29, 1.82) is 0 Å². The van der Waals surface area contributed by atoms with Gasteiger partial charge < -0.3 is 15.0 Å². The minimum atomic E-state index is -2.89. The number of nitrogens with zero attached hydrogens (tertiary/aromatic N) is 1. The third-order valence-corrected chi connectivity index (χ3v) is 6.53. The maximum atomic E-state index is 12.5. The Morgan fingerprint density at radius 1 is 0.914 bits per heavy atom. The normalized spacial score (nSPS) is 11.5. The zero-order chi connectivity index (χ0) is 24.7. The van der Waals surface area contributed by atoms with Crippen LogP contribution in [-0.2, 0) is 6.54 Å². The molecule has 0 fully saturated rings. The van der Waals surface area contributed by atoms with Gasteiger partial charge in [-0.1, -0.05) is 59.6 Å². The van der Waals surface area contributed by atoms with Gasteiger partial charge in [-0.25, -0.2) is 0 Å². The lowest BCUT2D eigenvalue weighted by Gasteiger charge is -2.11. The predicted molar refractivity (Wildman–Crippen MR) is 136 cm³/mol. The molecule has 0 radical (unpaired) electrons. The number of fused-ring (bicyclic) bond motifs is 3. The van der Waals surface area contributed by atoms with Gasteiger partial charge >= 0.3 is 6.61 Å². The first kappa shape index (κ1) is 23.1. The fourth-order valence-electron chi connectivity index (χ4n) is 4.41. The molecule has 0 unspecified atom stereocenters. The molecule has 4 aromatic carbocycles. The number of carbonyl (C=O) groups is 1. The summed E-state index contributed by atoms with van der Waals surface area (Å²) in [4.78, 5) is 12.2. The number of benzene rings is 4. The lowest BCUT2D eigenvalue weighted by Crippen LogP contribution is -2.11. The number of aromatic nitrogens is 1. The van der Waals surface area contributed by atoms with Crippen LogP contribution >= 0.6 is 23.2 Å². The second kappa shape index (κ2) is 9.21.